The lowest BCUT2D eigenvalue weighted by Gasteiger charge is -2.28. The predicted molar refractivity (Wildman–Crippen MR) is 61.2 cm³/mol. The lowest BCUT2D eigenvalue weighted by Crippen LogP contribution is -2.41. The standard InChI is InChI=1S/C12H9ClF6O2/c13-6-3-5-1-2-21-9(5)7(4-6)8(20)10(11(14,15)16)12(17,18)19/h3-4,8,10,20H,1-2H2. The van der Waals surface area contributed by atoms with E-state index in [4.69, 9.17) is 16.3 Å². The molecule has 1 aliphatic heterocycles. The van der Waals surface area contributed by atoms with Crippen molar-refractivity contribution in [3.63, 3.8) is 0 Å². The van der Waals surface area contributed by atoms with Crippen molar-refractivity contribution in [1.29, 1.82) is 0 Å². The van der Waals surface area contributed by atoms with Crippen LogP contribution >= 0.6 is 11.6 Å². The quantitative estimate of drug-likeness (QED) is 0.827. The Bertz CT molecular complexity index is 526. The summed E-state index contributed by atoms with van der Waals surface area (Å²) in [5.41, 5.74) is -0.228. The van der Waals surface area contributed by atoms with Gasteiger partial charge in [-0.15, -0.1) is 0 Å². The van der Waals surface area contributed by atoms with E-state index in [0.29, 0.717) is 12.0 Å². The fourth-order valence-corrected chi connectivity index (χ4v) is 2.49. The number of hydrogen-bond donors (Lipinski definition) is 1. The van der Waals surface area contributed by atoms with E-state index in [1.54, 1.807) is 0 Å². The monoisotopic (exact) mass is 334 g/mol. The number of rotatable bonds is 2. The van der Waals surface area contributed by atoms with Crippen LogP contribution in [0.2, 0.25) is 5.02 Å². The van der Waals surface area contributed by atoms with Gasteiger partial charge in [0.1, 0.15) is 11.9 Å². The highest BCUT2D eigenvalue weighted by Crippen LogP contribution is 2.49. The van der Waals surface area contributed by atoms with Gasteiger partial charge in [0, 0.05) is 17.0 Å². The molecule has 21 heavy (non-hydrogen) atoms. The van der Waals surface area contributed by atoms with Crippen LogP contribution in [-0.2, 0) is 6.42 Å². The summed E-state index contributed by atoms with van der Waals surface area (Å²) in [6.07, 6.45) is -13.8. The molecule has 0 amide bonds. The molecule has 2 nitrogen and oxygen atoms in total. The van der Waals surface area contributed by atoms with Gasteiger partial charge in [-0.05, 0) is 17.7 Å². The first-order valence-corrected chi connectivity index (χ1v) is 6.16. The Morgan fingerprint density at radius 1 is 1.10 bits per heavy atom. The first-order chi connectivity index (χ1) is 9.51. The van der Waals surface area contributed by atoms with E-state index in [-0.39, 0.29) is 17.4 Å². The third kappa shape index (κ3) is 3.21. The molecule has 9 heteroatoms. The number of benzene rings is 1. The maximum Gasteiger partial charge on any atom is 0.403 e. The Kier molecular flexibility index (Phi) is 4.05. The molecule has 1 N–H and O–H groups in total. The zero-order valence-corrected chi connectivity index (χ0v) is 11.0. The normalized spacial score (nSPS) is 16.8. The summed E-state index contributed by atoms with van der Waals surface area (Å²) in [4.78, 5) is 0. The summed E-state index contributed by atoms with van der Waals surface area (Å²) in [6.45, 7) is 0.109. The van der Waals surface area contributed by atoms with Crippen molar-refractivity contribution in [2.45, 2.75) is 24.9 Å². The molecule has 118 valence electrons. The highest BCUT2D eigenvalue weighted by Gasteiger charge is 2.61. The van der Waals surface area contributed by atoms with Gasteiger partial charge in [-0.25, -0.2) is 0 Å². The topological polar surface area (TPSA) is 29.5 Å². The highest BCUT2D eigenvalue weighted by molar-refractivity contribution is 6.30. The van der Waals surface area contributed by atoms with E-state index in [0.717, 1.165) is 6.07 Å². The summed E-state index contributed by atoms with van der Waals surface area (Å²) < 4.78 is 80.9. The van der Waals surface area contributed by atoms with Gasteiger partial charge in [-0.3, -0.25) is 0 Å². The number of aliphatic hydroxyl groups excluding tert-OH is 1. The van der Waals surface area contributed by atoms with Gasteiger partial charge in [0.15, 0.2) is 5.92 Å². The molecule has 1 atom stereocenters. The minimum absolute atomic E-state index is 0.0589. The fourth-order valence-electron chi connectivity index (χ4n) is 2.24. The van der Waals surface area contributed by atoms with Crippen LogP contribution in [0.3, 0.4) is 0 Å². The van der Waals surface area contributed by atoms with E-state index < -0.39 is 29.9 Å². The minimum atomic E-state index is -5.65. The largest absolute Gasteiger partial charge is 0.493 e. The van der Waals surface area contributed by atoms with Crippen molar-refractivity contribution in [3.8, 4) is 5.75 Å². The Morgan fingerprint density at radius 3 is 2.19 bits per heavy atom. The molecule has 0 radical (unpaired) electrons. The van der Waals surface area contributed by atoms with Crippen molar-refractivity contribution < 1.29 is 36.2 Å². The van der Waals surface area contributed by atoms with Crippen LogP contribution in [0.25, 0.3) is 0 Å². The van der Waals surface area contributed by atoms with Crippen LogP contribution in [0.15, 0.2) is 12.1 Å². The third-order valence-electron chi connectivity index (χ3n) is 3.12. The molecule has 2 rings (SSSR count). The van der Waals surface area contributed by atoms with Crippen LogP contribution in [0, 0.1) is 5.92 Å². The smallest absolute Gasteiger partial charge is 0.403 e. The van der Waals surface area contributed by atoms with Crippen molar-refractivity contribution in [2.75, 3.05) is 6.61 Å². The van der Waals surface area contributed by atoms with E-state index in [1.807, 2.05) is 0 Å². The summed E-state index contributed by atoms with van der Waals surface area (Å²) in [7, 11) is 0. The molecule has 1 heterocycles. The number of alkyl halides is 6. The molecule has 0 saturated carbocycles. The van der Waals surface area contributed by atoms with Gasteiger partial charge in [-0.1, -0.05) is 11.6 Å². The van der Waals surface area contributed by atoms with Crippen molar-refractivity contribution in [3.05, 3.63) is 28.3 Å². The number of hydrogen-bond acceptors (Lipinski definition) is 2. The zero-order chi connectivity index (χ0) is 16.0. The highest BCUT2D eigenvalue weighted by atomic mass is 35.5. The first kappa shape index (κ1) is 16.2. The molecule has 0 aliphatic carbocycles. The predicted octanol–water partition coefficient (Wildman–Crippen LogP) is 4.05. The van der Waals surface area contributed by atoms with Gasteiger partial charge in [0.25, 0.3) is 0 Å². The number of aliphatic hydroxyl groups is 1. The lowest BCUT2D eigenvalue weighted by molar-refractivity contribution is -0.307. The van der Waals surface area contributed by atoms with Gasteiger partial charge >= 0.3 is 12.4 Å². The fraction of sp³-hybridized carbons (Fsp3) is 0.500. The van der Waals surface area contributed by atoms with Gasteiger partial charge < -0.3 is 9.84 Å². The van der Waals surface area contributed by atoms with E-state index in [9.17, 15) is 31.4 Å². The maximum atomic E-state index is 12.7. The third-order valence-corrected chi connectivity index (χ3v) is 3.34. The second kappa shape index (κ2) is 5.24. The zero-order valence-electron chi connectivity index (χ0n) is 10.2. The molecular formula is C12H9ClF6O2. The Morgan fingerprint density at radius 2 is 1.67 bits per heavy atom. The lowest BCUT2D eigenvalue weighted by atomic mass is 9.92. The van der Waals surface area contributed by atoms with Crippen molar-refractivity contribution in [2.24, 2.45) is 5.92 Å². The molecule has 0 fully saturated rings. The Labute approximate surface area is 120 Å². The molecule has 1 aliphatic rings. The van der Waals surface area contributed by atoms with Crippen LogP contribution in [-0.4, -0.2) is 24.1 Å². The summed E-state index contributed by atoms with van der Waals surface area (Å²) in [6, 6.07) is 2.25. The maximum absolute atomic E-state index is 12.7. The number of halogens is 7. The van der Waals surface area contributed by atoms with E-state index >= 15 is 0 Å². The van der Waals surface area contributed by atoms with Crippen LogP contribution in [0.4, 0.5) is 26.3 Å². The molecule has 0 bridgehead atoms. The summed E-state index contributed by atoms with van der Waals surface area (Å²) >= 11 is 5.68. The molecule has 1 unspecified atom stereocenters. The Hall–Kier alpha value is -1.15. The Balaban J connectivity index is 2.50. The number of fused-ring (bicyclic) bond motifs is 1. The van der Waals surface area contributed by atoms with Crippen molar-refractivity contribution in [1.82, 2.24) is 0 Å². The first-order valence-electron chi connectivity index (χ1n) is 5.78. The van der Waals surface area contributed by atoms with Crippen LogP contribution in [0.5, 0.6) is 5.75 Å². The van der Waals surface area contributed by atoms with Crippen LogP contribution in [0.1, 0.15) is 17.2 Å². The second-order valence-corrected chi connectivity index (χ2v) is 5.02. The second-order valence-electron chi connectivity index (χ2n) is 4.59. The van der Waals surface area contributed by atoms with Gasteiger partial charge in [-0.2, -0.15) is 26.3 Å². The minimum Gasteiger partial charge on any atom is -0.493 e. The SMILES string of the molecule is OC(c1cc(Cl)cc2c1OCC2)C(C(F)(F)F)C(F)(F)F. The van der Waals surface area contributed by atoms with Crippen molar-refractivity contribution >= 4 is 11.6 Å². The van der Waals surface area contributed by atoms with E-state index in [1.165, 1.54) is 6.07 Å². The average Bonchev–Trinajstić information content (AvgIpc) is 2.71. The number of ether oxygens (including phenoxy) is 1. The average molecular weight is 335 g/mol. The molecule has 0 aromatic heterocycles. The van der Waals surface area contributed by atoms with E-state index in [2.05, 4.69) is 0 Å². The van der Waals surface area contributed by atoms with Gasteiger partial charge in [0.2, 0.25) is 0 Å². The molecule has 0 spiro atoms. The van der Waals surface area contributed by atoms with Crippen LogP contribution < -0.4 is 4.74 Å². The summed E-state index contributed by atoms with van der Waals surface area (Å²) in [5.74, 6) is -4.07. The summed E-state index contributed by atoms with van der Waals surface area (Å²) in [5, 5.41) is 9.60. The molecule has 1 aromatic carbocycles. The van der Waals surface area contributed by atoms with Gasteiger partial charge in [0.05, 0.1) is 6.61 Å². The molecule has 0 saturated heterocycles. The molecular weight excluding hydrogens is 326 g/mol. The molecule has 1 aromatic rings.